The van der Waals surface area contributed by atoms with Crippen molar-refractivity contribution < 1.29 is 9.18 Å². The maximum absolute atomic E-state index is 13.8. The van der Waals surface area contributed by atoms with Crippen molar-refractivity contribution in [3.05, 3.63) is 47.8 Å². The highest BCUT2D eigenvalue weighted by Gasteiger charge is 2.29. The summed E-state index contributed by atoms with van der Waals surface area (Å²) in [6.45, 7) is 2.92. The van der Waals surface area contributed by atoms with Gasteiger partial charge in [0.25, 0.3) is 5.91 Å². The van der Waals surface area contributed by atoms with E-state index in [4.69, 9.17) is 0 Å². The first-order valence-electron chi connectivity index (χ1n) is 7.55. The Labute approximate surface area is 124 Å². The van der Waals surface area contributed by atoms with Gasteiger partial charge >= 0.3 is 0 Å². The lowest BCUT2D eigenvalue weighted by atomic mass is 9.89. The van der Waals surface area contributed by atoms with Crippen molar-refractivity contribution in [1.82, 2.24) is 5.32 Å². The van der Waals surface area contributed by atoms with Crippen molar-refractivity contribution >= 4 is 16.7 Å². The summed E-state index contributed by atoms with van der Waals surface area (Å²) in [6, 6.07) is 10.1. The molecule has 1 aliphatic carbocycles. The molecule has 110 valence electrons. The standard InChI is InChI=1S/C18H20FNO/c1-18(10-4-5-11-18)12-20-17(21)15-8-9-16(19)14-7-3-2-6-13(14)15/h2-3,6-9H,4-5,10-12H2,1H3,(H,20,21). The zero-order valence-corrected chi connectivity index (χ0v) is 12.3. The molecule has 0 atom stereocenters. The second-order valence-electron chi connectivity index (χ2n) is 6.34. The molecule has 2 aromatic rings. The number of carbonyl (C=O) groups is 1. The zero-order chi connectivity index (χ0) is 14.9. The van der Waals surface area contributed by atoms with E-state index in [2.05, 4.69) is 12.2 Å². The second-order valence-corrected chi connectivity index (χ2v) is 6.34. The van der Waals surface area contributed by atoms with E-state index in [1.54, 1.807) is 24.3 Å². The predicted molar refractivity (Wildman–Crippen MR) is 82.8 cm³/mol. The van der Waals surface area contributed by atoms with Crippen LogP contribution in [0.2, 0.25) is 0 Å². The number of hydrogen-bond acceptors (Lipinski definition) is 1. The number of hydrogen-bond donors (Lipinski definition) is 1. The average Bonchev–Trinajstić information content (AvgIpc) is 2.93. The van der Waals surface area contributed by atoms with Crippen LogP contribution in [0.1, 0.15) is 43.0 Å². The van der Waals surface area contributed by atoms with Gasteiger partial charge in [0, 0.05) is 17.5 Å². The molecule has 0 heterocycles. The van der Waals surface area contributed by atoms with E-state index in [0.717, 1.165) is 12.8 Å². The van der Waals surface area contributed by atoms with E-state index in [-0.39, 0.29) is 17.1 Å². The van der Waals surface area contributed by atoms with Gasteiger partial charge in [-0.2, -0.15) is 0 Å². The molecule has 3 heteroatoms. The molecule has 0 saturated heterocycles. The molecular weight excluding hydrogens is 265 g/mol. The Morgan fingerprint density at radius 2 is 1.81 bits per heavy atom. The van der Waals surface area contributed by atoms with Crippen molar-refractivity contribution in [1.29, 1.82) is 0 Å². The van der Waals surface area contributed by atoms with Crippen LogP contribution in [0.5, 0.6) is 0 Å². The molecule has 0 aromatic heterocycles. The molecule has 1 amide bonds. The quantitative estimate of drug-likeness (QED) is 0.895. The monoisotopic (exact) mass is 285 g/mol. The summed E-state index contributed by atoms with van der Waals surface area (Å²) in [6.07, 6.45) is 4.81. The summed E-state index contributed by atoms with van der Waals surface area (Å²) >= 11 is 0. The highest BCUT2D eigenvalue weighted by atomic mass is 19.1. The minimum Gasteiger partial charge on any atom is -0.351 e. The molecule has 0 spiro atoms. The van der Waals surface area contributed by atoms with Crippen LogP contribution < -0.4 is 5.32 Å². The minimum atomic E-state index is -0.287. The molecule has 2 aromatic carbocycles. The molecule has 1 aliphatic rings. The molecule has 2 nitrogen and oxygen atoms in total. The number of amides is 1. The van der Waals surface area contributed by atoms with Gasteiger partial charge in [-0.15, -0.1) is 0 Å². The molecule has 3 rings (SSSR count). The van der Waals surface area contributed by atoms with E-state index >= 15 is 0 Å². The maximum atomic E-state index is 13.8. The molecule has 0 radical (unpaired) electrons. The minimum absolute atomic E-state index is 0.112. The first kappa shape index (κ1) is 14.1. The summed E-state index contributed by atoms with van der Waals surface area (Å²) < 4.78 is 13.8. The predicted octanol–water partition coefficient (Wildman–Crippen LogP) is 4.29. The van der Waals surface area contributed by atoms with Gasteiger partial charge in [0.2, 0.25) is 0 Å². The van der Waals surface area contributed by atoms with Crippen LogP contribution in [0.25, 0.3) is 10.8 Å². The SMILES string of the molecule is CC1(CNC(=O)c2ccc(F)c3ccccc23)CCCC1. The van der Waals surface area contributed by atoms with Gasteiger partial charge in [0.15, 0.2) is 0 Å². The fraction of sp³-hybridized carbons (Fsp3) is 0.389. The third-order valence-electron chi connectivity index (χ3n) is 4.60. The van der Waals surface area contributed by atoms with Crippen LogP contribution >= 0.6 is 0 Å². The topological polar surface area (TPSA) is 29.1 Å². The third kappa shape index (κ3) is 2.78. The second kappa shape index (κ2) is 5.47. The zero-order valence-electron chi connectivity index (χ0n) is 12.3. The number of fused-ring (bicyclic) bond motifs is 1. The van der Waals surface area contributed by atoms with Crippen LogP contribution in [0, 0.1) is 11.2 Å². The fourth-order valence-electron chi connectivity index (χ4n) is 3.25. The Balaban J connectivity index is 1.83. The van der Waals surface area contributed by atoms with Crippen molar-refractivity contribution in [3.8, 4) is 0 Å². The van der Waals surface area contributed by atoms with Crippen molar-refractivity contribution in [2.24, 2.45) is 5.41 Å². The van der Waals surface area contributed by atoms with Crippen LogP contribution in [0.15, 0.2) is 36.4 Å². The van der Waals surface area contributed by atoms with Gasteiger partial charge in [0.1, 0.15) is 5.82 Å². The van der Waals surface area contributed by atoms with Crippen LogP contribution in [0.3, 0.4) is 0 Å². The Morgan fingerprint density at radius 1 is 1.14 bits per heavy atom. The summed E-state index contributed by atoms with van der Waals surface area (Å²) in [5.74, 6) is -0.399. The van der Waals surface area contributed by atoms with Gasteiger partial charge in [-0.3, -0.25) is 4.79 Å². The summed E-state index contributed by atoms with van der Waals surface area (Å²) in [7, 11) is 0. The number of rotatable bonds is 3. The molecule has 0 unspecified atom stereocenters. The van der Waals surface area contributed by atoms with E-state index in [9.17, 15) is 9.18 Å². The Morgan fingerprint density at radius 3 is 2.52 bits per heavy atom. The van der Waals surface area contributed by atoms with Gasteiger partial charge in [-0.05, 0) is 35.8 Å². The normalized spacial score (nSPS) is 17.0. The molecular formula is C18H20FNO. The summed E-state index contributed by atoms with van der Waals surface area (Å²) in [5.41, 5.74) is 0.763. The lowest BCUT2D eigenvalue weighted by Crippen LogP contribution is -2.34. The van der Waals surface area contributed by atoms with Gasteiger partial charge in [-0.1, -0.05) is 44.0 Å². The van der Waals surface area contributed by atoms with E-state index in [1.807, 2.05) is 6.07 Å². The van der Waals surface area contributed by atoms with Crippen molar-refractivity contribution in [3.63, 3.8) is 0 Å². The Kier molecular flexibility index (Phi) is 3.66. The van der Waals surface area contributed by atoms with Crippen LogP contribution in [-0.4, -0.2) is 12.5 Å². The number of halogens is 1. The average molecular weight is 285 g/mol. The maximum Gasteiger partial charge on any atom is 0.251 e. The first-order chi connectivity index (χ1) is 10.1. The lowest BCUT2D eigenvalue weighted by molar-refractivity contribution is 0.0936. The molecule has 1 fully saturated rings. The smallest absolute Gasteiger partial charge is 0.251 e. The van der Waals surface area contributed by atoms with Gasteiger partial charge < -0.3 is 5.32 Å². The Hall–Kier alpha value is -1.90. The number of benzene rings is 2. The summed E-state index contributed by atoms with van der Waals surface area (Å²) in [4.78, 5) is 12.4. The van der Waals surface area contributed by atoms with E-state index < -0.39 is 0 Å². The third-order valence-corrected chi connectivity index (χ3v) is 4.60. The molecule has 0 aliphatic heterocycles. The molecule has 1 N–H and O–H groups in total. The summed E-state index contributed by atoms with van der Waals surface area (Å²) in [5, 5.41) is 4.20. The molecule has 1 saturated carbocycles. The van der Waals surface area contributed by atoms with Crippen LogP contribution in [0.4, 0.5) is 4.39 Å². The van der Waals surface area contributed by atoms with Crippen molar-refractivity contribution in [2.45, 2.75) is 32.6 Å². The first-order valence-corrected chi connectivity index (χ1v) is 7.55. The fourth-order valence-corrected chi connectivity index (χ4v) is 3.25. The number of carbonyl (C=O) groups excluding carboxylic acids is 1. The van der Waals surface area contributed by atoms with E-state index in [1.165, 1.54) is 18.9 Å². The Bertz CT molecular complexity index is 674. The molecule has 21 heavy (non-hydrogen) atoms. The van der Waals surface area contributed by atoms with Crippen LogP contribution in [-0.2, 0) is 0 Å². The van der Waals surface area contributed by atoms with Gasteiger partial charge in [0.05, 0.1) is 0 Å². The molecule has 0 bridgehead atoms. The highest BCUT2D eigenvalue weighted by molar-refractivity contribution is 6.07. The van der Waals surface area contributed by atoms with E-state index in [0.29, 0.717) is 22.9 Å². The largest absolute Gasteiger partial charge is 0.351 e. The van der Waals surface area contributed by atoms with Gasteiger partial charge in [-0.25, -0.2) is 4.39 Å². The lowest BCUT2D eigenvalue weighted by Gasteiger charge is -2.23. The highest BCUT2D eigenvalue weighted by Crippen LogP contribution is 2.36. The van der Waals surface area contributed by atoms with Crippen molar-refractivity contribution in [2.75, 3.05) is 6.54 Å². The number of nitrogens with one attached hydrogen (secondary N) is 1.